The van der Waals surface area contributed by atoms with Gasteiger partial charge in [0.15, 0.2) is 0 Å². The standard InChI is InChI=1S/C21H14ClN3OS2/c22-13-3-1-12(2-4-13)18(26)16-11-17(28-19(16)20-23-8-9-24-20)14-5-7-25-21-15(14)6-10-27-21/h1-11,18,26H,(H,23,24). The minimum absolute atomic E-state index is 0.643. The summed E-state index contributed by atoms with van der Waals surface area (Å²) < 4.78 is 0. The highest BCUT2D eigenvalue weighted by molar-refractivity contribution is 7.19. The number of aromatic amines is 1. The van der Waals surface area contributed by atoms with Crippen LogP contribution in [0.4, 0.5) is 0 Å². The number of nitrogens with one attached hydrogen (secondary N) is 1. The third-order valence-corrected chi connectivity index (χ3v) is 6.85. The number of imidazole rings is 1. The van der Waals surface area contributed by atoms with Crippen LogP contribution in [-0.4, -0.2) is 20.1 Å². The van der Waals surface area contributed by atoms with Gasteiger partial charge in [-0.1, -0.05) is 23.7 Å². The van der Waals surface area contributed by atoms with Gasteiger partial charge in [-0.2, -0.15) is 0 Å². The second-order valence-corrected chi connectivity index (χ2v) is 8.67. The molecule has 1 aromatic carbocycles. The first-order valence-corrected chi connectivity index (χ1v) is 10.7. The number of thiophene rings is 2. The number of pyridine rings is 1. The fraction of sp³-hybridized carbons (Fsp3) is 0.0476. The topological polar surface area (TPSA) is 61.8 Å². The summed E-state index contributed by atoms with van der Waals surface area (Å²) in [5.74, 6) is 0.745. The van der Waals surface area contributed by atoms with E-state index in [-0.39, 0.29) is 0 Å². The molecule has 1 atom stereocenters. The van der Waals surface area contributed by atoms with Crippen LogP contribution in [0.2, 0.25) is 5.02 Å². The van der Waals surface area contributed by atoms with Crippen molar-refractivity contribution in [3.63, 3.8) is 0 Å². The van der Waals surface area contributed by atoms with Gasteiger partial charge >= 0.3 is 0 Å². The molecule has 28 heavy (non-hydrogen) atoms. The molecule has 138 valence electrons. The molecule has 0 aliphatic rings. The molecule has 1 unspecified atom stereocenters. The predicted molar refractivity (Wildman–Crippen MR) is 116 cm³/mol. The zero-order chi connectivity index (χ0) is 19.1. The Morgan fingerprint density at radius 3 is 2.68 bits per heavy atom. The number of hydrogen-bond donors (Lipinski definition) is 2. The number of aromatic nitrogens is 3. The van der Waals surface area contributed by atoms with Crippen molar-refractivity contribution in [1.29, 1.82) is 0 Å². The molecule has 0 spiro atoms. The van der Waals surface area contributed by atoms with E-state index in [1.54, 1.807) is 47.2 Å². The van der Waals surface area contributed by atoms with Crippen LogP contribution >= 0.6 is 34.3 Å². The summed E-state index contributed by atoms with van der Waals surface area (Å²) in [5.41, 5.74) is 2.72. The number of halogens is 1. The fourth-order valence-electron chi connectivity index (χ4n) is 3.23. The fourth-order valence-corrected chi connectivity index (χ4v) is 5.31. The van der Waals surface area contributed by atoms with Gasteiger partial charge in [0.05, 0.1) is 4.88 Å². The van der Waals surface area contributed by atoms with E-state index in [9.17, 15) is 5.11 Å². The highest BCUT2D eigenvalue weighted by atomic mass is 35.5. The van der Waals surface area contributed by atoms with E-state index < -0.39 is 6.10 Å². The van der Waals surface area contributed by atoms with Gasteiger partial charge in [-0.25, -0.2) is 9.97 Å². The highest BCUT2D eigenvalue weighted by Gasteiger charge is 2.22. The second-order valence-electron chi connectivity index (χ2n) is 6.28. The van der Waals surface area contributed by atoms with E-state index in [2.05, 4.69) is 21.0 Å². The summed E-state index contributed by atoms with van der Waals surface area (Å²) in [6, 6.07) is 13.4. The monoisotopic (exact) mass is 423 g/mol. The first kappa shape index (κ1) is 17.6. The van der Waals surface area contributed by atoms with Crippen molar-refractivity contribution in [2.24, 2.45) is 0 Å². The molecule has 0 aliphatic heterocycles. The quantitative estimate of drug-likeness (QED) is 0.364. The average molecular weight is 424 g/mol. The normalized spacial score (nSPS) is 12.5. The van der Waals surface area contributed by atoms with Gasteiger partial charge in [0.2, 0.25) is 0 Å². The Balaban J connectivity index is 1.68. The van der Waals surface area contributed by atoms with E-state index in [4.69, 9.17) is 11.6 Å². The van der Waals surface area contributed by atoms with E-state index in [0.717, 1.165) is 42.5 Å². The number of hydrogen-bond acceptors (Lipinski definition) is 5. The first-order valence-electron chi connectivity index (χ1n) is 8.60. The average Bonchev–Trinajstić information content (AvgIpc) is 3.47. The Kier molecular flexibility index (Phi) is 4.49. The smallest absolute Gasteiger partial charge is 0.147 e. The van der Waals surface area contributed by atoms with Gasteiger partial charge in [0.1, 0.15) is 16.8 Å². The minimum atomic E-state index is -0.776. The summed E-state index contributed by atoms with van der Waals surface area (Å²) in [5, 5.41) is 14.9. The van der Waals surface area contributed by atoms with Crippen molar-refractivity contribution in [2.75, 3.05) is 0 Å². The Bertz CT molecular complexity index is 1240. The maximum absolute atomic E-state index is 11.1. The molecule has 7 heteroatoms. The van der Waals surface area contributed by atoms with Crippen molar-refractivity contribution in [3.05, 3.63) is 82.6 Å². The van der Waals surface area contributed by atoms with E-state index >= 15 is 0 Å². The summed E-state index contributed by atoms with van der Waals surface area (Å²) in [6.45, 7) is 0. The van der Waals surface area contributed by atoms with Crippen molar-refractivity contribution in [1.82, 2.24) is 15.0 Å². The van der Waals surface area contributed by atoms with Crippen LogP contribution in [0.1, 0.15) is 17.2 Å². The van der Waals surface area contributed by atoms with E-state index in [1.165, 1.54) is 0 Å². The molecule has 0 aliphatic carbocycles. The zero-order valence-electron chi connectivity index (χ0n) is 14.5. The Morgan fingerprint density at radius 1 is 1.04 bits per heavy atom. The second kappa shape index (κ2) is 7.14. The summed E-state index contributed by atoms with van der Waals surface area (Å²) in [7, 11) is 0. The molecule has 4 aromatic heterocycles. The zero-order valence-corrected chi connectivity index (χ0v) is 16.9. The van der Waals surface area contributed by atoms with Crippen LogP contribution in [0.15, 0.2) is 66.4 Å². The maximum Gasteiger partial charge on any atom is 0.147 e. The third-order valence-electron chi connectivity index (χ3n) is 4.59. The van der Waals surface area contributed by atoms with Gasteiger partial charge in [-0.3, -0.25) is 0 Å². The molecule has 4 nitrogen and oxygen atoms in total. The number of benzene rings is 1. The van der Waals surface area contributed by atoms with Gasteiger partial charge in [-0.05, 0) is 41.3 Å². The van der Waals surface area contributed by atoms with Crippen LogP contribution in [0.5, 0.6) is 0 Å². The minimum Gasteiger partial charge on any atom is -0.384 e. The lowest BCUT2D eigenvalue weighted by Crippen LogP contribution is -1.99. The molecule has 5 rings (SSSR count). The van der Waals surface area contributed by atoms with Crippen LogP contribution in [0, 0.1) is 0 Å². The largest absolute Gasteiger partial charge is 0.384 e. The van der Waals surface area contributed by atoms with Crippen LogP contribution in [-0.2, 0) is 0 Å². The van der Waals surface area contributed by atoms with Gasteiger partial charge in [0, 0.05) is 45.0 Å². The summed E-state index contributed by atoms with van der Waals surface area (Å²) >= 11 is 9.24. The number of aliphatic hydroxyl groups is 1. The lowest BCUT2D eigenvalue weighted by Gasteiger charge is -2.11. The molecule has 0 saturated heterocycles. The summed E-state index contributed by atoms with van der Waals surface area (Å²) in [4.78, 5) is 15.0. The van der Waals surface area contributed by atoms with Crippen molar-refractivity contribution in [3.8, 4) is 21.1 Å². The number of nitrogens with zero attached hydrogens (tertiary/aromatic N) is 2. The first-order chi connectivity index (χ1) is 13.7. The Labute approximate surface area is 174 Å². The molecule has 2 N–H and O–H groups in total. The molecular weight excluding hydrogens is 410 g/mol. The SMILES string of the molecule is OC(c1ccc(Cl)cc1)c1cc(-c2ccnc3sccc23)sc1-c1ncc[nH]1. The van der Waals surface area contributed by atoms with E-state index in [0.29, 0.717) is 5.02 Å². The van der Waals surface area contributed by atoms with Gasteiger partial charge in [-0.15, -0.1) is 22.7 Å². The van der Waals surface area contributed by atoms with E-state index in [1.807, 2.05) is 35.8 Å². The molecule has 0 amide bonds. The van der Waals surface area contributed by atoms with Crippen LogP contribution in [0.3, 0.4) is 0 Å². The molecule has 0 bridgehead atoms. The third kappa shape index (κ3) is 3.04. The van der Waals surface area contributed by atoms with Crippen LogP contribution in [0.25, 0.3) is 31.4 Å². The molecule has 0 saturated carbocycles. The molecule has 0 fully saturated rings. The Hall–Kier alpha value is -2.51. The van der Waals surface area contributed by atoms with Crippen LogP contribution < -0.4 is 0 Å². The Morgan fingerprint density at radius 2 is 1.89 bits per heavy atom. The molecule has 4 heterocycles. The molecule has 0 radical (unpaired) electrons. The highest BCUT2D eigenvalue weighted by Crippen LogP contribution is 2.43. The van der Waals surface area contributed by atoms with Crippen molar-refractivity contribution < 1.29 is 5.11 Å². The number of fused-ring (bicyclic) bond motifs is 1. The summed E-state index contributed by atoms with van der Waals surface area (Å²) in [6.07, 6.45) is 4.56. The van der Waals surface area contributed by atoms with Crippen molar-refractivity contribution >= 4 is 44.5 Å². The predicted octanol–water partition coefficient (Wildman–Crippen LogP) is 6.15. The van der Waals surface area contributed by atoms with Crippen molar-refractivity contribution in [2.45, 2.75) is 6.10 Å². The van der Waals surface area contributed by atoms with Gasteiger partial charge in [0.25, 0.3) is 0 Å². The maximum atomic E-state index is 11.1. The van der Waals surface area contributed by atoms with Gasteiger partial charge < -0.3 is 10.1 Å². The molecular formula is C21H14ClN3OS2. The number of H-pyrrole nitrogens is 1. The molecule has 5 aromatic rings. The lowest BCUT2D eigenvalue weighted by atomic mass is 10.0. The lowest BCUT2D eigenvalue weighted by molar-refractivity contribution is 0.221. The number of aliphatic hydroxyl groups excluding tert-OH is 1. The number of rotatable bonds is 4.